The number of hydrogen-bond donors (Lipinski definition) is 3. The molecule has 0 aliphatic heterocycles. The van der Waals surface area contributed by atoms with E-state index in [1.807, 2.05) is 6.07 Å². The number of carbonyl (C=O) groups excluding carboxylic acids is 2. The molecule has 2 heterocycles. The highest BCUT2D eigenvalue weighted by Gasteiger charge is 2.24. The van der Waals surface area contributed by atoms with Crippen molar-refractivity contribution in [2.45, 2.75) is 58.1 Å². The van der Waals surface area contributed by atoms with E-state index in [0.717, 1.165) is 41.3 Å². The molecule has 1 aliphatic carbocycles. The number of amides is 1. The third kappa shape index (κ3) is 4.64. The van der Waals surface area contributed by atoms with Crippen molar-refractivity contribution in [3.63, 3.8) is 0 Å². The van der Waals surface area contributed by atoms with Crippen LogP contribution in [0.4, 0.5) is 0 Å². The Labute approximate surface area is 212 Å². The number of aromatic nitrogens is 1. The van der Waals surface area contributed by atoms with Crippen molar-refractivity contribution in [1.29, 1.82) is 0 Å². The zero-order valence-corrected chi connectivity index (χ0v) is 20.6. The molecular weight excluding hydrogens is 476 g/mol. The van der Waals surface area contributed by atoms with Gasteiger partial charge in [0.25, 0.3) is 5.91 Å². The molecule has 0 radical (unpaired) electrons. The summed E-state index contributed by atoms with van der Waals surface area (Å²) in [6.45, 7) is 3.27. The van der Waals surface area contributed by atoms with Gasteiger partial charge < -0.3 is 34.5 Å². The number of ether oxygens (including phenoxy) is 1. The van der Waals surface area contributed by atoms with Gasteiger partial charge in [0.15, 0.2) is 6.10 Å². The van der Waals surface area contributed by atoms with Gasteiger partial charge in [-0.15, -0.1) is 0 Å². The quantitative estimate of drug-likeness (QED) is 0.329. The zero-order valence-electron chi connectivity index (χ0n) is 20.6. The van der Waals surface area contributed by atoms with E-state index in [1.54, 1.807) is 25.3 Å². The van der Waals surface area contributed by atoms with Gasteiger partial charge in [-0.25, -0.2) is 4.79 Å². The second kappa shape index (κ2) is 9.65. The minimum Gasteiger partial charge on any atom is -0.548 e. The standard InChI is InChI=1S/C28H28N2O7/c1-14-24(10-8-19-18-5-3-4-6-20(18)28(35)37-25(14)19)36-15(2)26(32)30-23(27(33)34)11-16-13-29-22-9-7-17(31)12-21(16)22/h7-10,12-13,15,23,29,31H,3-6,11H2,1-2H3,(H,30,32)(H,33,34)/p-1/t15-,23+/m0/s1. The molecule has 9 heteroatoms. The first-order valence-corrected chi connectivity index (χ1v) is 12.3. The number of fused-ring (bicyclic) bond motifs is 4. The number of aryl methyl sites for hydroxylation is 2. The summed E-state index contributed by atoms with van der Waals surface area (Å²) in [4.78, 5) is 40.3. The second-order valence-corrected chi connectivity index (χ2v) is 9.51. The van der Waals surface area contributed by atoms with Crippen LogP contribution >= 0.6 is 0 Å². The lowest BCUT2D eigenvalue weighted by Gasteiger charge is -2.23. The van der Waals surface area contributed by atoms with Crippen molar-refractivity contribution in [3.8, 4) is 11.5 Å². The van der Waals surface area contributed by atoms with Crippen LogP contribution < -0.4 is 20.8 Å². The molecular formula is C28H27N2O7-. The molecule has 192 valence electrons. The largest absolute Gasteiger partial charge is 0.548 e. The number of rotatable bonds is 7. The highest BCUT2D eigenvalue weighted by Crippen LogP contribution is 2.33. The first-order chi connectivity index (χ1) is 17.7. The third-order valence-electron chi connectivity index (χ3n) is 7.04. The molecule has 1 aliphatic rings. The topological polar surface area (TPSA) is 145 Å². The molecule has 0 spiro atoms. The second-order valence-electron chi connectivity index (χ2n) is 9.51. The Kier molecular flexibility index (Phi) is 6.37. The summed E-state index contributed by atoms with van der Waals surface area (Å²) >= 11 is 0. The average Bonchev–Trinajstić information content (AvgIpc) is 3.27. The molecule has 0 saturated heterocycles. The summed E-state index contributed by atoms with van der Waals surface area (Å²) in [5.41, 5.74) is 3.78. The van der Waals surface area contributed by atoms with E-state index in [9.17, 15) is 24.6 Å². The van der Waals surface area contributed by atoms with Gasteiger partial charge in [-0.3, -0.25) is 4.79 Å². The van der Waals surface area contributed by atoms with Gasteiger partial charge in [0, 0.05) is 40.0 Å². The number of benzene rings is 2. The minimum atomic E-state index is -1.44. The molecule has 0 bridgehead atoms. The number of carbonyl (C=O) groups is 2. The average molecular weight is 504 g/mol. The molecule has 2 aromatic carbocycles. The monoisotopic (exact) mass is 503 g/mol. The van der Waals surface area contributed by atoms with Gasteiger partial charge >= 0.3 is 5.63 Å². The lowest BCUT2D eigenvalue weighted by molar-refractivity contribution is -0.308. The smallest absolute Gasteiger partial charge is 0.339 e. The summed E-state index contributed by atoms with van der Waals surface area (Å²) < 4.78 is 11.5. The van der Waals surface area contributed by atoms with Crippen LogP contribution in [0.25, 0.3) is 21.9 Å². The molecule has 2 aromatic heterocycles. The van der Waals surface area contributed by atoms with Crippen LogP contribution in [0.2, 0.25) is 0 Å². The Morgan fingerprint density at radius 1 is 1.16 bits per heavy atom. The SMILES string of the molecule is Cc1c(O[C@@H](C)C(=O)N[C@H](Cc2c[nH]c3ccc(O)cc23)C(=O)[O-])ccc2c3c(c(=O)oc12)CCCC3. The molecule has 2 atom stereocenters. The Morgan fingerprint density at radius 3 is 2.68 bits per heavy atom. The van der Waals surface area contributed by atoms with Crippen LogP contribution in [0.3, 0.4) is 0 Å². The lowest BCUT2D eigenvalue weighted by Crippen LogP contribution is -2.52. The van der Waals surface area contributed by atoms with Gasteiger partial charge in [-0.2, -0.15) is 0 Å². The van der Waals surface area contributed by atoms with Crippen LogP contribution in [0.5, 0.6) is 11.5 Å². The Morgan fingerprint density at radius 2 is 1.92 bits per heavy atom. The predicted octanol–water partition coefficient (Wildman–Crippen LogP) is 2.41. The van der Waals surface area contributed by atoms with Crippen LogP contribution in [-0.2, 0) is 28.9 Å². The normalized spacial score (nSPS) is 14.8. The van der Waals surface area contributed by atoms with Crippen LogP contribution in [0.15, 0.2) is 45.7 Å². The molecule has 1 amide bonds. The number of carboxylic acid groups (broad SMARTS) is 1. The number of carboxylic acids is 1. The molecule has 37 heavy (non-hydrogen) atoms. The highest BCUT2D eigenvalue weighted by atomic mass is 16.5. The van der Waals surface area contributed by atoms with E-state index in [-0.39, 0.29) is 17.8 Å². The molecule has 0 fully saturated rings. The van der Waals surface area contributed by atoms with Gasteiger partial charge in [-0.1, -0.05) is 0 Å². The number of hydrogen-bond acceptors (Lipinski definition) is 7. The molecule has 4 aromatic rings. The number of phenols is 1. The zero-order chi connectivity index (χ0) is 26.3. The summed E-state index contributed by atoms with van der Waals surface area (Å²) in [7, 11) is 0. The van der Waals surface area contributed by atoms with Gasteiger partial charge in [-0.05, 0) is 81.0 Å². The Hall–Kier alpha value is -4.27. The fourth-order valence-corrected chi connectivity index (χ4v) is 5.03. The fraction of sp³-hybridized carbons (Fsp3) is 0.321. The molecule has 9 nitrogen and oxygen atoms in total. The molecule has 0 saturated carbocycles. The summed E-state index contributed by atoms with van der Waals surface area (Å²) in [5, 5.41) is 25.6. The summed E-state index contributed by atoms with van der Waals surface area (Å²) in [5.74, 6) is -1.66. The number of aliphatic carboxylic acids is 1. The Bertz CT molecular complexity index is 1580. The van der Waals surface area contributed by atoms with Crippen molar-refractivity contribution < 1.29 is 29.0 Å². The molecule has 3 N–H and O–H groups in total. The van der Waals surface area contributed by atoms with E-state index in [4.69, 9.17) is 9.15 Å². The van der Waals surface area contributed by atoms with Crippen molar-refractivity contribution in [1.82, 2.24) is 10.3 Å². The maximum atomic E-state index is 12.9. The first kappa shape index (κ1) is 24.4. The molecule has 0 unspecified atom stereocenters. The van der Waals surface area contributed by atoms with Crippen molar-refractivity contribution in [3.05, 3.63) is 69.2 Å². The number of aromatic amines is 1. The Balaban J connectivity index is 1.34. The van der Waals surface area contributed by atoms with Crippen LogP contribution in [0, 0.1) is 6.92 Å². The van der Waals surface area contributed by atoms with E-state index < -0.39 is 24.0 Å². The van der Waals surface area contributed by atoms with Crippen LogP contribution in [-0.4, -0.2) is 34.1 Å². The summed E-state index contributed by atoms with van der Waals surface area (Å²) in [6.07, 6.45) is 4.06. The van der Waals surface area contributed by atoms with Gasteiger partial charge in [0.1, 0.15) is 17.1 Å². The number of nitrogens with one attached hydrogen (secondary N) is 2. The van der Waals surface area contributed by atoms with E-state index in [0.29, 0.717) is 34.3 Å². The number of H-pyrrole nitrogens is 1. The number of aromatic hydroxyl groups is 1. The van der Waals surface area contributed by atoms with Gasteiger partial charge in [0.05, 0.1) is 12.0 Å². The predicted molar refractivity (Wildman–Crippen MR) is 135 cm³/mol. The van der Waals surface area contributed by atoms with Crippen molar-refractivity contribution in [2.24, 2.45) is 0 Å². The van der Waals surface area contributed by atoms with E-state index in [2.05, 4.69) is 10.3 Å². The summed E-state index contributed by atoms with van der Waals surface area (Å²) in [6, 6.07) is 6.99. The minimum absolute atomic E-state index is 0.0461. The number of phenolic OH excluding ortho intramolecular Hbond substituents is 1. The molecule has 5 rings (SSSR count). The maximum absolute atomic E-state index is 12.9. The lowest BCUT2D eigenvalue weighted by atomic mass is 9.90. The van der Waals surface area contributed by atoms with Crippen LogP contribution in [0.1, 0.15) is 42.0 Å². The van der Waals surface area contributed by atoms with E-state index in [1.165, 1.54) is 19.1 Å². The third-order valence-corrected chi connectivity index (χ3v) is 7.04. The highest BCUT2D eigenvalue weighted by molar-refractivity contribution is 5.89. The maximum Gasteiger partial charge on any atom is 0.339 e. The van der Waals surface area contributed by atoms with Crippen molar-refractivity contribution >= 4 is 33.7 Å². The van der Waals surface area contributed by atoms with Crippen molar-refractivity contribution in [2.75, 3.05) is 0 Å². The van der Waals surface area contributed by atoms with E-state index >= 15 is 0 Å². The fourth-order valence-electron chi connectivity index (χ4n) is 5.03. The first-order valence-electron chi connectivity index (χ1n) is 12.3. The van der Waals surface area contributed by atoms with Gasteiger partial charge in [0.2, 0.25) is 0 Å².